The minimum absolute atomic E-state index is 0.113. The van der Waals surface area contributed by atoms with Crippen LogP contribution in [0.25, 0.3) is 22.0 Å². The van der Waals surface area contributed by atoms with E-state index in [1.165, 1.54) is 0 Å². The van der Waals surface area contributed by atoms with Crippen LogP contribution in [0.1, 0.15) is 22.7 Å². The van der Waals surface area contributed by atoms with Gasteiger partial charge >= 0.3 is 0 Å². The van der Waals surface area contributed by atoms with Crippen molar-refractivity contribution in [3.63, 3.8) is 0 Å². The summed E-state index contributed by atoms with van der Waals surface area (Å²) in [6.07, 6.45) is 0.510. The molecule has 30 heavy (non-hydrogen) atoms. The summed E-state index contributed by atoms with van der Waals surface area (Å²) in [6, 6.07) is 9.09. The molecule has 1 atom stereocenters. The van der Waals surface area contributed by atoms with Crippen LogP contribution in [0.3, 0.4) is 0 Å². The maximum absolute atomic E-state index is 10.7. The minimum atomic E-state index is -0.370. The van der Waals surface area contributed by atoms with E-state index >= 15 is 0 Å². The zero-order valence-corrected chi connectivity index (χ0v) is 17.6. The van der Waals surface area contributed by atoms with E-state index in [2.05, 4.69) is 9.97 Å². The number of aromatic nitrogens is 2. The number of ether oxygens (including phenoxy) is 2. The molecule has 1 aliphatic carbocycles. The number of hydrogen-bond donors (Lipinski definition) is 4. The van der Waals surface area contributed by atoms with E-state index < -0.39 is 0 Å². The molecule has 0 fully saturated rings. The van der Waals surface area contributed by atoms with Crippen molar-refractivity contribution in [1.29, 1.82) is 0 Å². The second kappa shape index (κ2) is 6.79. The molecule has 4 N–H and O–H groups in total. The summed E-state index contributed by atoms with van der Waals surface area (Å²) in [7, 11) is 3.15. The molecule has 2 heterocycles. The molecule has 1 aliphatic rings. The first kappa shape index (κ1) is 19.0. The van der Waals surface area contributed by atoms with E-state index in [4.69, 9.17) is 32.7 Å². The number of H-pyrrole nitrogens is 2. The Kier molecular flexibility index (Phi) is 4.31. The number of nitrogens with one attached hydrogen (secondary N) is 2. The maximum atomic E-state index is 10.7. The molecule has 0 spiro atoms. The van der Waals surface area contributed by atoms with Gasteiger partial charge in [0.05, 0.1) is 19.8 Å². The molecule has 0 saturated heterocycles. The average Bonchev–Trinajstić information content (AvgIpc) is 3.23. The quantitative estimate of drug-likeness (QED) is 0.331. The predicted octanol–water partition coefficient (Wildman–Crippen LogP) is 5.59. The lowest BCUT2D eigenvalue weighted by Crippen LogP contribution is -2.12. The van der Waals surface area contributed by atoms with Crippen LogP contribution in [0.5, 0.6) is 23.3 Å². The third kappa shape index (κ3) is 2.64. The van der Waals surface area contributed by atoms with Gasteiger partial charge in [-0.3, -0.25) is 4.98 Å². The molecule has 0 bridgehead atoms. The Morgan fingerprint density at radius 1 is 0.867 bits per heavy atom. The topological polar surface area (TPSA) is 90.5 Å². The van der Waals surface area contributed by atoms with Crippen molar-refractivity contribution in [2.24, 2.45) is 0 Å². The molecule has 5 rings (SSSR count). The fourth-order valence-electron chi connectivity index (χ4n) is 4.44. The van der Waals surface area contributed by atoms with Gasteiger partial charge in [0.15, 0.2) is 11.8 Å². The first-order chi connectivity index (χ1) is 14.4. The Balaban J connectivity index is 1.79. The summed E-state index contributed by atoms with van der Waals surface area (Å²) in [4.78, 5) is 6.09. The molecular formula is C22H18Cl2N2O4. The number of aromatic hydroxyl groups is 2. The molecule has 154 valence electrons. The fraction of sp³-hybridized carbons (Fsp3) is 0.182. The fourth-order valence-corrected chi connectivity index (χ4v) is 5.17. The van der Waals surface area contributed by atoms with Crippen LogP contribution in [0, 0.1) is 0 Å². The number of methoxy groups -OCH3 is 2. The van der Waals surface area contributed by atoms with E-state index in [-0.39, 0.29) is 17.7 Å². The molecule has 2 aromatic heterocycles. The molecular weight excluding hydrogens is 427 g/mol. The Bertz CT molecular complexity index is 1290. The molecule has 2 aromatic carbocycles. The smallest absolute Gasteiger partial charge is 0.199 e. The second-order valence-corrected chi connectivity index (χ2v) is 8.08. The number of hydrogen-bond acceptors (Lipinski definition) is 4. The zero-order valence-electron chi connectivity index (χ0n) is 16.1. The summed E-state index contributed by atoms with van der Waals surface area (Å²) in [6.45, 7) is 0. The van der Waals surface area contributed by atoms with E-state index in [9.17, 15) is 10.2 Å². The molecule has 0 radical (unpaired) electrons. The lowest BCUT2D eigenvalue weighted by atomic mass is 9.79. The number of benzene rings is 2. The highest BCUT2D eigenvalue weighted by atomic mass is 35.5. The van der Waals surface area contributed by atoms with Crippen molar-refractivity contribution in [3.05, 3.63) is 57.2 Å². The zero-order chi connectivity index (χ0) is 21.2. The highest BCUT2D eigenvalue weighted by Gasteiger charge is 2.37. The number of halogens is 2. The standard InChI is InChI=1S/C22H18Cl2N2O4/c1-29-9-3-4-15-11(5-9)18-16(25-15)8-12(19-20(18)22(28)26-21(19)27)17-13(23)6-10(30-2)7-14(17)24/h3-7,12,25-28H,8H2,1-2H3. The van der Waals surface area contributed by atoms with Gasteiger partial charge < -0.3 is 24.7 Å². The van der Waals surface area contributed by atoms with Gasteiger partial charge in [-0.05, 0) is 42.3 Å². The van der Waals surface area contributed by atoms with Crippen molar-refractivity contribution < 1.29 is 19.7 Å². The van der Waals surface area contributed by atoms with Crippen LogP contribution in [-0.4, -0.2) is 34.4 Å². The van der Waals surface area contributed by atoms with Crippen molar-refractivity contribution in [3.8, 4) is 34.4 Å². The van der Waals surface area contributed by atoms with Gasteiger partial charge in [0.2, 0.25) is 0 Å². The summed E-state index contributed by atoms with van der Waals surface area (Å²) in [5.74, 6) is 0.652. The highest BCUT2D eigenvalue weighted by Crippen LogP contribution is 2.54. The van der Waals surface area contributed by atoms with Crippen LogP contribution in [0.2, 0.25) is 10.0 Å². The van der Waals surface area contributed by atoms with Gasteiger partial charge in [-0.25, -0.2) is 0 Å². The summed E-state index contributed by atoms with van der Waals surface area (Å²) in [5, 5.41) is 23.1. The predicted molar refractivity (Wildman–Crippen MR) is 117 cm³/mol. The van der Waals surface area contributed by atoms with E-state index in [1.807, 2.05) is 18.2 Å². The van der Waals surface area contributed by atoms with Gasteiger partial charge in [-0.1, -0.05) is 23.2 Å². The Morgan fingerprint density at radius 2 is 1.57 bits per heavy atom. The number of rotatable bonds is 3. The molecule has 8 heteroatoms. The molecule has 0 amide bonds. The first-order valence-electron chi connectivity index (χ1n) is 9.28. The van der Waals surface area contributed by atoms with Crippen molar-refractivity contribution in [2.45, 2.75) is 12.3 Å². The monoisotopic (exact) mass is 444 g/mol. The van der Waals surface area contributed by atoms with E-state index in [1.54, 1.807) is 26.4 Å². The molecule has 0 saturated carbocycles. The summed E-state index contributed by atoms with van der Waals surface area (Å²) >= 11 is 13.1. The van der Waals surface area contributed by atoms with Gasteiger partial charge in [0, 0.05) is 43.7 Å². The summed E-state index contributed by atoms with van der Waals surface area (Å²) < 4.78 is 10.6. The van der Waals surface area contributed by atoms with Crippen LogP contribution in [-0.2, 0) is 6.42 Å². The van der Waals surface area contributed by atoms with Crippen molar-refractivity contribution >= 4 is 34.1 Å². The number of aromatic amines is 2. The second-order valence-electron chi connectivity index (χ2n) is 7.26. The third-order valence-corrected chi connectivity index (χ3v) is 6.35. The average molecular weight is 445 g/mol. The lowest BCUT2D eigenvalue weighted by Gasteiger charge is -2.26. The number of fused-ring (bicyclic) bond motifs is 5. The Hall–Kier alpha value is -2.96. The van der Waals surface area contributed by atoms with Crippen LogP contribution >= 0.6 is 23.2 Å². The van der Waals surface area contributed by atoms with Crippen LogP contribution in [0.4, 0.5) is 0 Å². The van der Waals surface area contributed by atoms with Gasteiger partial charge in [0.1, 0.15) is 11.5 Å². The highest BCUT2D eigenvalue weighted by molar-refractivity contribution is 6.36. The largest absolute Gasteiger partial charge is 0.497 e. The van der Waals surface area contributed by atoms with Gasteiger partial charge in [-0.15, -0.1) is 0 Å². The van der Waals surface area contributed by atoms with E-state index in [0.29, 0.717) is 44.7 Å². The minimum Gasteiger partial charge on any atom is -0.497 e. The first-order valence-corrected chi connectivity index (χ1v) is 10.0. The normalized spacial score (nSPS) is 15.1. The van der Waals surface area contributed by atoms with Crippen LogP contribution in [0.15, 0.2) is 30.3 Å². The maximum Gasteiger partial charge on any atom is 0.199 e. The SMILES string of the molecule is COc1cc(Cl)c(C2Cc3[nH]c4ccc(OC)cc4c3-c3c(O)[nH]c(O)c32)c(Cl)c1. The Morgan fingerprint density at radius 3 is 2.23 bits per heavy atom. The van der Waals surface area contributed by atoms with Crippen molar-refractivity contribution in [2.75, 3.05) is 14.2 Å². The summed E-state index contributed by atoms with van der Waals surface area (Å²) in [5.41, 5.74) is 4.38. The third-order valence-electron chi connectivity index (χ3n) is 5.72. The molecule has 1 unspecified atom stereocenters. The molecule has 0 aliphatic heterocycles. The van der Waals surface area contributed by atoms with Gasteiger partial charge in [0.25, 0.3) is 0 Å². The Labute approximate surface area is 182 Å². The lowest BCUT2D eigenvalue weighted by molar-refractivity contribution is 0.414. The van der Waals surface area contributed by atoms with Crippen molar-refractivity contribution in [1.82, 2.24) is 9.97 Å². The van der Waals surface area contributed by atoms with E-state index in [0.717, 1.165) is 22.2 Å². The van der Waals surface area contributed by atoms with Gasteiger partial charge in [-0.2, -0.15) is 0 Å². The molecule has 6 nitrogen and oxygen atoms in total. The molecule has 4 aromatic rings. The van der Waals surface area contributed by atoms with Crippen LogP contribution < -0.4 is 9.47 Å².